The second kappa shape index (κ2) is 14.1. The van der Waals surface area contributed by atoms with E-state index < -0.39 is 6.04 Å². The van der Waals surface area contributed by atoms with Crippen LogP contribution in [0.1, 0.15) is 86.5 Å². The molecule has 4 rings (SSSR count). The van der Waals surface area contributed by atoms with Gasteiger partial charge in [-0.1, -0.05) is 74.9 Å². The fourth-order valence-corrected chi connectivity index (χ4v) is 6.20. The highest BCUT2D eigenvalue weighted by atomic mass is 16.2. The molecule has 4 N–H and O–H groups in total. The van der Waals surface area contributed by atoms with Crippen molar-refractivity contribution in [3.63, 3.8) is 0 Å². The summed E-state index contributed by atoms with van der Waals surface area (Å²) in [4.78, 5) is 27.4. The number of nitriles is 1. The average Bonchev–Trinajstić information content (AvgIpc) is 2.98. The standard InChI is InChI=1S/C32H42N4O2/c33-20-24-13-11-23(12-14-24)19-29(27-7-3-1-4-8-27)31(37)36-30(28-9-5-2-6-10-28)32(38)35-22-26-17-15-25(21-34)16-18-26/h11-18,27-30H,1-10,19-20,22,33H2,(H,35,38)(H,36,37)/t29?,30-/m0/s1. The maximum atomic E-state index is 13.9. The van der Waals surface area contributed by atoms with E-state index in [1.165, 1.54) is 12.8 Å². The van der Waals surface area contributed by atoms with Crippen LogP contribution in [-0.4, -0.2) is 17.9 Å². The van der Waals surface area contributed by atoms with Crippen molar-refractivity contribution in [1.82, 2.24) is 10.6 Å². The van der Waals surface area contributed by atoms with Crippen LogP contribution in [0, 0.1) is 29.1 Å². The van der Waals surface area contributed by atoms with E-state index in [0.29, 0.717) is 31.0 Å². The van der Waals surface area contributed by atoms with Gasteiger partial charge in [0, 0.05) is 19.0 Å². The topological polar surface area (TPSA) is 108 Å². The molecule has 2 aromatic rings. The fraction of sp³-hybridized carbons (Fsp3) is 0.531. The fourth-order valence-electron chi connectivity index (χ4n) is 6.20. The van der Waals surface area contributed by atoms with Crippen molar-refractivity contribution in [1.29, 1.82) is 5.26 Å². The predicted octanol–water partition coefficient (Wildman–Crippen LogP) is 5.14. The predicted molar refractivity (Wildman–Crippen MR) is 150 cm³/mol. The number of carbonyl (C=O) groups excluding carboxylic acids is 2. The maximum Gasteiger partial charge on any atom is 0.243 e. The van der Waals surface area contributed by atoms with Gasteiger partial charge >= 0.3 is 0 Å². The number of hydrogen-bond donors (Lipinski definition) is 3. The van der Waals surface area contributed by atoms with E-state index >= 15 is 0 Å². The summed E-state index contributed by atoms with van der Waals surface area (Å²) in [7, 11) is 0. The summed E-state index contributed by atoms with van der Waals surface area (Å²) in [5.74, 6) is 0.265. The quantitative estimate of drug-likeness (QED) is 0.408. The molecule has 0 heterocycles. The Labute approximate surface area is 227 Å². The lowest BCUT2D eigenvalue weighted by atomic mass is 9.76. The Morgan fingerprint density at radius 2 is 1.34 bits per heavy atom. The summed E-state index contributed by atoms with van der Waals surface area (Å²) in [6.07, 6.45) is 11.7. The number of nitrogens with two attached hydrogens (primary N) is 1. The molecule has 2 amide bonds. The third-order valence-corrected chi connectivity index (χ3v) is 8.52. The molecular formula is C32H42N4O2. The van der Waals surface area contributed by atoms with Crippen molar-refractivity contribution < 1.29 is 9.59 Å². The largest absolute Gasteiger partial charge is 0.350 e. The Morgan fingerprint density at radius 1 is 0.789 bits per heavy atom. The molecule has 2 atom stereocenters. The van der Waals surface area contributed by atoms with Gasteiger partial charge in [-0.2, -0.15) is 5.26 Å². The lowest BCUT2D eigenvalue weighted by molar-refractivity contribution is -0.134. The molecule has 6 nitrogen and oxygen atoms in total. The molecule has 0 aromatic heterocycles. The molecule has 2 aliphatic rings. The number of carbonyl (C=O) groups is 2. The summed E-state index contributed by atoms with van der Waals surface area (Å²) >= 11 is 0. The Bertz CT molecular complexity index is 1080. The van der Waals surface area contributed by atoms with Crippen molar-refractivity contribution in [2.75, 3.05) is 0 Å². The molecule has 0 saturated heterocycles. The minimum atomic E-state index is -0.521. The van der Waals surface area contributed by atoms with Crippen LogP contribution in [0.25, 0.3) is 0 Å². The zero-order valence-corrected chi connectivity index (χ0v) is 22.5. The molecule has 2 aliphatic carbocycles. The third kappa shape index (κ3) is 7.68. The van der Waals surface area contributed by atoms with Crippen LogP contribution in [0.5, 0.6) is 0 Å². The molecule has 2 saturated carbocycles. The zero-order valence-electron chi connectivity index (χ0n) is 22.5. The average molecular weight is 515 g/mol. The molecule has 0 bridgehead atoms. The lowest BCUT2D eigenvalue weighted by Crippen LogP contribution is -2.53. The van der Waals surface area contributed by atoms with Crippen LogP contribution in [-0.2, 0) is 29.1 Å². The number of rotatable bonds is 10. The minimum absolute atomic E-state index is 0.0175. The van der Waals surface area contributed by atoms with E-state index in [1.54, 1.807) is 12.1 Å². The molecule has 1 unspecified atom stereocenters. The van der Waals surface area contributed by atoms with Gasteiger partial charge in [-0.05, 0) is 72.8 Å². The summed E-state index contributed by atoms with van der Waals surface area (Å²) < 4.78 is 0. The van der Waals surface area contributed by atoms with Gasteiger partial charge in [-0.25, -0.2) is 0 Å². The normalized spacial score (nSPS) is 18.2. The van der Waals surface area contributed by atoms with E-state index in [1.807, 2.05) is 24.3 Å². The molecule has 0 radical (unpaired) electrons. The zero-order chi connectivity index (χ0) is 26.7. The maximum absolute atomic E-state index is 13.9. The van der Waals surface area contributed by atoms with Gasteiger partial charge in [0.15, 0.2) is 0 Å². The highest BCUT2D eigenvalue weighted by Crippen LogP contribution is 2.33. The van der Waals surface area contributed by atoms with Crippen LogP contribution in [0.3, 0.4) is 0 Å². The van der Waals surface area contributed by atoms with E-state index in [9.17, 15) is 9.59 Å². The van der Waals surface area contributed by atoms with E-state index in [2.05, 4.69) is 28.8 Å². The van der Waals surface area contributed by atoms with Crippen molar-refractivity contribution in [3.8, 4) is 6.07 Å². The third-order valence-electron chi connectivity index (χ3n) is 8.52. The van der Waals surface area contributed by atoms with Crippen LogP contribution in [0.15, 0.2) is 48.5 Å². The SMILES string of the molecule is N#Cc1ccc(CNC(=O)[C@@H](NC(=O)C(Cc2ccc(CN)cc2)C2CCCCC2)C2CCCCC2)cc1. The number of amides is 2. The first-order chi connectivity index (χ1) is 18.6. The summed E-state index contributed by atoms with van der Waals surface area (Å²) in [6, 6.07) is 17.1. The summed E-state index contributed by atoms with van der Waals surface area (Å²) in [5, 5.41) is 15.4. The Morgan fingerprint density at radius 3 is 1.92 bits per heavy atom. The van der Waals surface area contributed by atoms with E-state index in [-0.39, 0.29) is 23.7 Å². The van der Waals surface area contributed by atoms with Gasteiger partial charge in [0.2, 0.25) is 11.8 Å². The first-order valence-corrected chi connectivity index (χ1v) is 14.4. The second-order valence-electron chi connectivity index (χ2n) is 11.1. The molecule has 0 spiro atoms. The monoisotopic (exact) mass is 514 g/mol. The smallest absolute Gasteiger partial charge is 0.243 e. The Hall–Kier alpha value is -3.17. The van der Waals surface area contributed by atoms with Crippen molar-refractivity contribution in [3.05, 3.63) is 70.8 Å². The first-order valence-electron chi connectivity index (χ1n) is 14.4. The van der Waals surface area contributed by atoms with Crippen LogP contribution in [0.4, 0.5) is 0 Å². The van der Waals surface area contributed by atoms with Gasteiger partial charge < -0.3 is 16.4 Å². The van der Waals surface area contributed by atoms with Crippen molar-refractivity contribution in [2.45, 2.75) is 89.8 Å². The Balaban J connectivity index is 1.48. The number of nitrogens with one attached hydrogen (secondary N) is 2. The van der Waals surface area contributed by atoms with E-state index in [4.69, 9.17) is 11.0 Å². The molecule has 38 heavy (non-hydrogen) atoms. The minimum Gasteiger partial charge on any atom is -0.350 e. The van der Waals surface area contributed by atoms with Crippen molar-refractivity contribution >= 4 is 11.8 Å². The lowest BCUT2D eigenvalue weighted by Gasteiger charge is -2.34. The van der Waals surface area contributed by atoms with Crippen molar-refractivity contribution in [2.24, 2.45) is 23.5 Å². The molecule has 2 fully saturated rings. The Kier molecular flexibility index (Phi) is 10.3. The van der Waals surface area contributed by atoms with Gasteiger partial charge in [-0.3, -0.25) is 9.59 Å². The van der Waals surface area contributed by atoms with Gasteiger partial charge in [-0.15, -0.1) is 0 Å². The van der Waals surface area contributed by atoms with Crippen LogP contribution in [0.2, 0.25) is 0 Å². The van der Waals surface area contributed by atoms with Crippen LogP contribution < -0.4 is 16.4 Å². The molecule has 202 valence electrons. The highest BCUT2D eigenvalue weighted by molar-refractivity contribution is 5.89. The molecule has 2 aromatic carbocycles. The summed E-state index contributed by atoms with van der Waals surface area (Å²) in [5.41, 5.74) is 9.55. The van der Waals surface area contributed by atoms with Crippen LogP contribution >= 0.6 is 0 Å². The van der Waals surface area contributed by atoms with Gasteiger partial charge in [0.05, 0.1) is 11.6 Å². The molecular weight excluding hydrogens is 472 g/mol. The van der Waals surface area contributed by atoms with E-state index in [0.717, 1.165) is 68.1 Å². The van der Waals surface area contributed by atoms with Gasteiger partial charge in [0.25, 0.3) is 0 Å². The second-order valence-corrected chi connectivity index (χ2v) is 11.1. The number of nitrogens with zero attached hydrogens (tertiary/aromatic N) is 1. The number of benzene rings is 2. The number of hydrogen-bond acceptors (Lipinski definition) is 4. The van der Waals surface area contributed by atoms with Gasteiger partial charge in [0.1, 0.15) is 6.04 Å². The first kappa shape index (κ1) is 27.9. The molecule has 6 heteroatoms. The molecule has 0 aliphatic heterocycles. The summed E-state index contributed by atoms with van der Waals surface area (Å²) in [6.45, 7) is 0.886. The highest BCUT2D eigenvalue weighted by Gasteiger charge is 2.35.